The summed E-state index contributed by atoms with van der Waals surface area (Å²) in [6, 6.07) is 7.95. The zero-order valence-electron chi connectivity index (χ0n) is 12.2. The third kappa shape index (κ3) is 5.05. The van der Waals surface area contributed by atoms with E-state index < -0.39 is 22.2 Å². The topological polar surface area (TPSA) is 87.7 Å². The second kappa shape index (κ2) is 6.85. The fraction of sp³-hybridized carbons (Fsp3) is 0.571. The molecule has 0 aliphatic carbocycles. The fourth-order valence-corrected chi connectivity index (χ4v) is 2.70. The van der Waals surface area contributed by atoms with Gasteiger partial charge < -0.3 is 15.2 Å². The van der Waals surface area contributed by atoms with Gasteiger partial charge in [0.25, 0.3) is 0 Å². The molecule has 1 heterocycles. The van der Waals surface area contributed by atoms with Crippen molar-refractivity contribution in [1.29, 1.82) is 0 Å². The van der Waals surface area contributed by atoms with Crippen LogP contribution in [0, 0.1) is 6.92 Å². The van der Waals surface area contributed by atoms with Gasteiger partial charge in [-0.05, 0) is 12.5 Å². The molecule has 0 radical (unpaired) electrons. The molecule has 1 aromatic carbocycles. The quantitative estimate of drug-likeness (QED) is 0.675. The predicted molar refractivity (Wildman–Crippen MR) is 80.4 cm³/mol. The molecule has 1 fully saturated rings. The van der Waals surface area contributed by atoms with Crippen molar-refractivity contribution in [3.8, 4) is 0 Å². The molecule has 0 bridgehead atoms. The number of aliphatic hydroxyl groups is 1. The van der Waals surface area contributed by atoms with Crippen LogP contribution < -0.4 is 10.0 Å². The first-order chi connectivity index (χ1) is 9.85. The van der Waals surface area contributed by atoms with E-state index in [1.54, 1.807) is 0 Å². The molecular weight excluding hydrogens is 292 g/mol. The Morgan fingerprint density at radius 1 is 1.33 bits per heavy atom. The standard InChI is InChI=1S/C14H22N2O4S/c1-10-3-5-11(6-4-10)7-15-12-9-20-13(14(12)17)8-16-21(2,18)19/h3-6,12-17H,7-9H2,1-2H3. The van der Waals surface area contributed by atoms with Crippen LogP contribution in [0.1, 0.15) is 11.1 Å². The van der Waals surface area contributed by atoms with Crippen molar-refractivity contribution in [2.24, 2.45) is 0 Å². The van der Waals surface area contributed by atoms with Crippen molar-refractivity contribution in [2.75, 3.05) is 19.4 Å². The Balaban J connectivity index is 1.81. The molecule has 3 atom stereocenters. The van der Waals surface area contributed by atoms with Crippen LogP contribution >= 0.6 is 0 Å². The van der Waals surface area contributed by atoms with Crippen molar-refractivity contribution in [3.63, 3.8) is 0 Å². The molecule has 3 unspecified atom stereocenters. The molecule has 21 heavy (non-hydrogen) atoms. The van der Waals surface area contributed by atoms with Crippen molar-refractivity contribution < 1.29 is 18.3 Å². The predicted octanol–water partition coefficient (Wildman–Crippen LogP) is -0.238. The van der Waals surface area contributed by atoms with Crippen LogP contribution in [0.25, 0.3) is 0 Å². The van der Waals surface area contributed by atoms with Gasteiger partial charge in [0.1, 0.15) is 0 Å². The van der Waals surface area contributed by atoms with Gasteiger partial charge >= 0.3 is 0 Å². The van der Waals surface area contributed by atoms with Gasteiger partial charge in [0.2, 0.25) is 10.0 Å². The van der Waals surface area contributed by atoms with Gasteiger partial charge in [-0.15, -0.1) is 0 Å². The summed E-state index contributed by atoms with van der Waals surface area (Å²) in [6.07, 6.45) is -0.165. The van der Waals surface area contributed by atoms with E-state index in [-0.39, 0.29) is 12.6 Å². The highest BCUT2D eigenvalue weighted by Crippen LogP contribution is 2.15. The van der Waals surface area contributed by atoms with Gasteiger partial charge in [0.05, 0.1) is 31.1 Å². The zero-order chi connectivity index (χ0) is 15.5. The second-order valence-corrected chi connectivity index (χ2v) is 7.29. The number of rotatable bonds is 6. The van der Waals surface area contributed by atoms with Gasteiger partial charge in [-0.25, -0.2) is 13.1 Å². The van der Waals surface area contributed by atoms with Crippen LogP contribution in [0.2, 0.25) is 0 Å². The Morgan fingerprint density at radius 3 is 2.62 bits per heavy atom. The Bertz CT molecular complexity index is 559. The number of benzene rings is 1. The number of hydrogen-bond donors (Lipinski definition) is 3. The maximum atomic E-state index is 11.1. The van der Waals surface area contributed by atoms with E-state index in [4.69, 9.17) is 4.74 Å². The van der Waals surface area contributed by atoms with E-state index in [1.807, 2.05) is 31.2 Å². The molecule has 3 N–H and O–H groups in total. The summed E-state index contributed by atoms with van der Waals surface area (Å²) in [5, 5.41) is 13.4. The molecule has 1 aliphatic heterocycles. The van der Waals surface area contributed by atoms with E-state index in [1.165, 1.54) is 5.56 Å². The number of aliphatic hydroxyl groups excluding tert-OH is 1. The smallest absolute Gasteiger partial charge is 0.208 e. The molecular formula is C14H22N2O4S. The van der Waals surface area contributed by atoms with Crippen molar-refractivity contribution in [3.05, 3.63) is 35.4 Å². The highest BCUT2D eigenvalue weighted by molar-refractivity contribution is 7.88. The van der Waals surface area contributed by atoms with Gasteiger partial charge in [0, 0.05) is 13.1 Å². The lowest BCUT2D eigenvalue weighted by atomic mass is 10.1. The average molecular weight is 314 g/mol. The van der Waals surface area contributed by atoms with Crippen LogP contribution in [0.3, 0.4) is 0 Å². The maximum absolute atomic E-state index is 11.1. The minimum Gasteiger partial charge on any atom is -0.389 e. The van der Waals surface area contributed by atoms with Gasteiger partial charge in [-0.3, -0.25) is 0 Å². The molecule has 7 heteroatoms. The van der Waals surface area contributed by atoms with Crippen LogP contribution in [0.15, 0.2) is 24.3 Å². The zero-order valence-corrected chi connectivity index (χ0v) is 13.1. The summed E-state index contributed by atoms with van der Waals surface area (Å²) < 4.78 is 29.9. The molecule has 1 aromatic rings. The van der Waals surface area contributed by atoms with E-state index in [9.17, 15) is 13.5 Å². The van der Waals surface area contributed by atoms with E-state index >= 15 is 0 Å². The minimum atomic E-state index is -3.27. The molecule has 2 rings (SSSR count). The molecule has 1 aliphatic rings. The minimum absolute atomic E-state index is 0.0860. The molecule has 1 saturated heterocycles. The van der Waals surface area contributed by atoms with Gasteiger partial charge in [0.15, 0.2) is 0 Å². The monoisotopic (exact) mass is 314 g/mol. The van der Waals surface area contributed by atoms with Crippen LogP contribution in [0.5, 0.6) is 0 Å². The van der Waals surface area contributed by atoms with Crippen LogP contribution in [0.4, 0.5) is 0 Å². The first-order valence-electron chi connectivity index (χ1n) is 6.88. The van der Waals surface area contributed by atoms with Crippen molar-refractivity contribution in [2.45, 2.75) is 31.7 Å². The highest BCUT2D eigenvalue weighted by Gasteiger charge is 2.35. The van der Waals surface area contributed by atoms with E-state index in [0.717, 1.165) is 11.8 Å². The summed E-state index contributed by atoms with van der Waals surface area (Å²) in [7, 11) is -3.27. The SMILES string of the molecule is Cc1ccc(CNC2COC(CNS(C)(=O)=O)C2O)cc1. The van der Waals surface area contributed by atoms with Crippen molar-refractivity contribution in [1.82, 2.24) is 10.0 Å². The number of ether oxygens (including phenoxy) is 1. The van der Waals surface area contributed by atoms with E-state index in [0.29, 0.717) is 13.2 Å². The Labute approximate surface area is 125 Å². The second-order valence-electron chi connectivity index (χ2n) is 5.46. The molecule has 0 aromatic heterocycles. The molecule has 0 amide bonds. The maximum Gasteiger partial charge on any atom is 0.208 e. The lowest BCUT2D eigenvalue weighted by Crippen LogP contribution is -2.44. The Kier molecular flexibility index (Phi) is 5.34. The normalized spacial score (nSPS) is 26.1. The van der Waals surface area contributed by atoms with Gasteiger partial charge in [-0.1, -0.05) is 29.8 Å². The van der Waals surface area contributed by atoms with Gasteiger partial charge in [-0.2, -0.15) is 0 Å². The summed E-state index contributed by atoms with van der Waals surface area (Å²) in [6.45, 7) is 3.12. The molecule has 118 valence electrons. The Hall–Kier alpha value is -0.990. The van der Waals surface area contributed by atoms with Crippen LogP contribution in [-0.4, -0.2) is 51.2 Å². The number of hydrogen-bond acceptors (Lipinski definition) is 5. The lowest BCUT2D eigenvalue weighted by Gasteiger charge is -2.18. The first kappa shape index (κ1) is 16.4. The number of sulfonamides is 1. The lowest BCUT2D eigenvalue weighted by molar-refractivity contribution is 0.0444. The number of aryl methyl sites for hydroxylation is 1. The molecule has 0 saturated carbocycles. The average Bonchev–Trinajstić information content (AvgIpc) is 2.76. The van der Waals surface area contributed by atoms with E-state index in [2.05, 4.69) is 10.0 Å². The summed E-state index contributed by atoms with van der Waals surface area (Å²) >= 11 is 0. The number of nitrogens with one attached hydrogen (secondary N) is 2. The third-order valence-corrected chi connectivity index (χ3v) is 4.21. The largest absolute Gasteiger partial charge is 0.389 e. The first-order valence-corrected chi connectivity index (χ1v) is 8.77. The summed E-state index contributed by atoms with van der Waals surface area (Å²) in [5.74, 6) is 0. The highest BCUT2D eigenvalue weighted by atomic mass is 32.2. The summed E-state index contributed by atoms with van der Waals surface area (Å²) in [5.41, 5.74) is 2.33. The van der Waals surface area contributed by atoms with Crippen LogP contribution in [-0.2, 0) is 21.3 Å². The van der Waals surface area contributed by atoms with Crippen molar-refractivity contribution >= 4 is 10.0 Å². The molecule has 0 spiro atoms. The third-order valence-electron chi connectivity index (χ3n) is 3.52. The fourth-order valence-electron chi connectivity index (χ4n) is 2.23. The Morgan fingerprint density at radius 2 is 2.00 bits per heavy atom. The summed E-state index contributed by atoms with van der Waals surface area (Å²) in [4.78, 5) is 0. The molecule has 6 nitrogen and oxygen atoms in total.